The first-order chi connectivity index (χ1) is 16.7. The van der Waals surface area contributed by atoms with Crippen molar-refractivity contribution < 1.29 is 24.9 Å². The molecule has 35 heavy (non-hydrogen) atoms. The molecule has 0 bridgehead atoms. The zero-order chi connectivity index (χ0) is 25.5. The number of benzene rings is 2. The molecule has 3 rings (SSSR count). The molecule has 8 nitrogen and oxygen atoms in total. The van der Waals surface area contributed by atoms with E-state index >= 15 is 0 Å². The third-order valence-electron chi connectivity index (χ3n) is 6.14. The lowest BCUT2D eigenvalue weighted by molar-refractivity contribution is -0.146. The van der Waals surface area contributed by atoms with Gasteiger partial charge in [-0.15, -0.1) is 18.3 Å². The molecule has 0 aliphatic carbocycles. The number of hydrogen-bond acceptors (Lipinski definition) is 7. The Morgan fingerprint density at radius 2 is 1.94 bits per heavy atom. The van der Waals surface area contributed by atoms with Crippen molar-refractivity contribution in [2.75, 3.05) is 19.0 Å². The van der Waals surface area contributed by atoms with Crippen LogP contribution >= 0.6 is 11.8 Å². The van der Waals surface area contributed by atoms with Crippen LogP contribution in [0, 0.1) is 6.92 Å². The van der Waals surface area contributed by atoms with E-state index in [0.29, 0.717) is 17.7 Å². The van der Waals surface area contributed by atoms with Crippen LogP contribution < -0.4 is 5.32 Å². The first kappa shape index (κ1) is 26.7. The molecule has 0 saturated carbocycles. The highest BCUT2D eigenvalue weighted by Gasteiger charge is 2.35. The van der Waals surface area contributed by atoms with E-state index in [1.54, 1.807) is 30.0 Å². The second kappa shape index (κ2) is 12.2. The average Bonchev–Trinajstić information content (AvgIpc) is 2.98. The van der Waals surface area contributed by atoms with E-state index in [1.807, 2.05) is 37.3 Å². The number of aliphatic hydroxyl groups is 2. The molecular formula is C26H33N3O5S. The number of aliphatic hydroxyl groups excluding tert-OH is 2. The van der Waals surface area contributed by atoms with Gasteiger partial charge in [0, 0.05) is 18.2 Å². The largest absolute Gasteiger partial charge is 0.508 e. The highest BCUT2D eigenvalue weighted by atomic mass is 32.2. The molecule has 0 spiro atoms. The molecule has 1 aliphatic heterocycles. The monoisotopic (exact) mass is 499 g/mol. The van der Waals surface area contributed by atoms with Crippen molar-refractivity contribution >= 4 is 23.6 Å². The Balaban J connectivity index is 1.82. The highest BCUT2D eigenvalue weighted by molar-refractivity contribution is 7.99. The summed E-state index contributed by atoms with van der Waals surface area (Å²) in [5, 5.41) is 34.9. The molecule has 2 unspecified atom stereocenters. The average molecular weight is 500 g/mol. The predicted molar refractivity (Wildman–Crippen MR) is 136 cm³/mol. The van der Waals surface area contributed by atoms with Gasteiger partial charge >= 0.3 is 0 Å². The lowest BCUT2D eigenvalue weighted by atomic mass is 9.98. The molecule has 9 heteroatoms. The SMILES string of the molecule is C=CCN1C(=O)CN(C(=O)[C@@H](O)[C@H](Cc2ccccc2)NC(O)c2cccc(O)c2C)CSC1C. The van der Waals surface area contributed by atoms with E-state index in [9.17, 15) is 24.9 Å². The Morgan fingerprint density at radius 1 is 1.23 bits per heavy atom. The van der Waals surface area contributed by atoms with Gasteiger partial charge in [-0.05, 0) is 37.5 Å². The van der Waals surface area contributed by atoms with E-state index < -0.39 is 24.3 Å². The second-order valence-electron chi connectivity index (χ2n) is 8.57. The molecule has 2 aromatic carbocycles. The molecular weight excluding hydrogens is 466 g/mol. The van der Waals surface area contributed by atoms with Gasteiger partial charge in [0.25, 0.3) is 5.91 Å². The number of carbonyl (C=O) groups is 2. The maximum absolute atomic E-state index is 13.3. The van der Waals surface area contributed by atoms with Crippen LogP contribution in [0.3, 0.4) is 0 Å². The third kappa shape index (κ3) is 6.64. The molecule has 1 saturated heterocycles. The van der Waals surface area contributed by atoms with Gasteiger partial charge in [0.05, 0.1) is 11.3 Å². The van der Waals surface area contributed by atoms with Crippen molar-refractivity contribution in [3.8, 4) is 5.75 Å². The first-order valence-corrected chi connectivity index (χ1v) is 12.5. The number of phenols is 1. The summed E-state index contributed by atoms with van der Waals surface area (Å²) in [6.45, 7) is 7.50. The third-order valence-corrected chi connectivity index (χ3v) is 7.34. The number of phenolic OH excluding ortho intramolecular Hbond substituents is 1. The number of carbonyl (C=O) groups excluding carboxylic acids is 2. The number of aromatic hydroxyl groups is 1. The van der Waals surface area contributed by atoms with Gasteiger partial charge in [0.1, 0.15) is 24.6 Å². The molecule has 2 aromatic rings. The number of nitrogens with zero attached hydrogens (tertiary/aromatic N) is 2. The molecule has 0 aromatic heterocycles. The van der Waals surface area contributed by atoms with Crippen LogP contribution in [0.4, 0.5) is 0 Å². The van der Waals surface area contributed by atoms with Crippen LogP contribution in [0.25, 0.3) is 0 Å². The number of amides is 2. The van der Waals surface area contributed by atoms with Crippen molar-refractivity contribution in [1.82, 2.24) is 15.1 Å². The zero-order valence-corrected chi connectivity index (χ0v) is 20.8. The zero-order valence-electron chi connectivity index (χ0n) is 20.0. The molecule has 1 heterocycles. The molecule has 2 amide bonds. The minimum Gasteiger partial charge on any atom is -0.508 e. The second-order valence-corrected chi connectivity index (χ2v) is 9.84. The number of rotatable bonds is 9. The first-order valence-electron chi connectivity index (χ1n) is 11.5. The number of nitrogens with one attached hydrogen (secondary N) is 1. The topological polar surface area (TPSA) is 113 Å². The van der Waals surface area contributed by atoms with Crippen molar-refractivity contribution in [2.45, 2.75) is 44.0 Å². The summed E-state index contributed by atoms with van der Waals surface area (Å²) in [4.78, 5) is 29.1. The maximum atomic E-state index is 13.3. The molecule has 1 aliphatic rings. The van der Waals surface area contributed by atoms with E-state index in [1.165, 1.54) is 22.7 Å². The van der Waals surface area contributed by atoms with Crippen molar-refractivity contribution in [2.24, 2.45) is 0 Å². The quantitative estimate of drug-likeness (QED) is 0.309. The maximum Gasteiger partial charge on any atom is 0.254 e. The van der Waals surface area contributed by atoms with Crippen LogP contribution in [0.5, 0.6) is 5.75 Å². The fourth-order valence-electron chi connectivity index (χ4n) is 4.04. The van der Waals surface area contributed by atoms with Crippen LogP contribution in [-0.4, -0.2) is 73.4 Å². The van der Waals surface area contributed by atoms with Crippen molar-refractivity contribution in [1.29, 1.82) is 0 Å². The fourth-order valence-corrected chi connectivity index (χ4v) is 5.04. The van der Waals surface area contributed by atoms with Gasteiger partial charge in [-0.1, -0.05) is 48.5 Å². The normalized spacial score (nSPS) is 19.1. The standard InChI is InChI=1S/C26H33N3O5S/c1-4-13-29-18(3)35-16-28(15-23(29)31)26(34)24(32)21(14-19-9-6-5-7-10-19)27-25(33)20-11-8-12-22(30)17(20)2/h4-12,18,21,24-25,27,30,32-33H,1,13-16H2,2-3H3/t18?,21-,24-,25?/m0/s1. The van der Waals surface area contributed by atoms with Gasteiger partial charge < -0.3 is 25.1 Å². The summed E-state index contributed by atoms with van der Waals surface area (Å²) in [5.41, 5.74) is 1.80. The van der Waals surface area contributed by atoms with Crippen LogP contribution in [0.15, 0.2) is 61.2 Å². The Morgan fingerprint density at radius 3 is 2.63 bits per heavy atom. The van der Waals surface area contributed by atoms with E-state index in [-0.39, 0.29) is 35.9 Å². The summed E-state index contributed by atoms with van der Waals surface area (Å²) in [5.74, 6) is -0.515. The molecule has 0 radical (unpaired) electrons. The summed E-state index contributed by atoms with van der Waals surface area (Å²) in [6.07, 6.45) is -0.846. The predicted octanol–water partition coefficient (Wildman–Crippen LogP) is 2.15. The van der Waals surface area contributed by atoms with Gasteiger partial charge in [0.2, 0.25) is 5.91 Å². The Hall–Kier alpha value is -2.85. The van der Waals surface area contributed by atoms with Gasteiger partial charge in [-0.2, -0.15) is 0 Å². The highest BCUT2D eigenvalue weighted by Crippen LogP contribution is 2.26. The summed E-state index contributed by atoms with van der Waals surface area (Å²) in [7, 11) is 0. The van der Waals surface area contributed by atoms with Crippen LogP contribution in [0.1, 0.15) is 29.8 Å². The van der Waals surface area contributed by atoms with Crippen molar-refractivity contribution in [3.63, 3.8) is 0 Å². The van der Waals surface area contributed by atoms with E-state index in [2.05, 4.69) is 11.9 Å². The Kier molecular flexibility index (Phi) is 9.33. The van der Waals surface area contributed by atoms with Crippen LogP contribution in [0.2, 0.25) is 0 Å². The number of thioether (sulfide) groups is 1. The minimum atomic E-state index is -1.52. The Bertz CT molecular complexity index is 1030. The minimum absolute atomic E-state index is 0.0397. The van der Waals surface area contributed by atoms with Gasteiger partial charge in [0.15, 0.2) is 0 Å². The smallest absolute Gasteiger partial charge is 0.254 e. The molecule has 4 N–H and O–H groups in total. The van der Waals surface area contributed by atoms with Gasteiger partial charge in [-0.3, -0.25) is 14.9 Å². The van der Waals surface area contributed by atoms with Crippen LogP contribution in [-0.2, 0) is 16.0 Å². The lowest BCUT2D eigenvalue weighted by Crippen LogP contribution is -2.53. The van der Waals surface area contributed by atoms with E-state index in [4.69, 9.17) is 0 Å². The molecule has 1 fully saturated rings. The summed E-state index contributed by atoms with van der Waals surface area (Å²) >= 11 is 1.43. The lowest BCUT2D eigenvalue weighted by Gasteiger charge is -2.30. The molecule has 4 atom stereocenters. The van der Waals surface area contributed by atoms with E-state index in [0.717, 1.165) is 5.56 Å². The Labute approximate surface area is 210 Å². The van der Waals surface area contributed by atoms with Crippen molar-refractivity contribution in [3.05, 3.63) is 77.9 Å². The summed E-state index contributed by atoms with van der Waals surface area (Å²) in [6, 6.07) is 13.3. The molecule has 188 valence electrons. The van der Waals surface area contributed by atoms with Gasteiger partial charge in [-0.25, -0.2) is 0 Å². The fraction of sp³-hybridized carbons (Fsp3) is 0.385. The summed E-state index contributed by atoms with van der Waals surface area (Å²) < 4.78 is 0. The number of hydrogen-bond donors (Lipinski definition) is 4.